The van der Waals surface area contributed by atoms with Crippen LogP contribution in [-0.2, 0) is 6.54 Å². The van der Waals surface area contributed by atoms with Crippen LogP contribution in [0.2, 0.25) is 0 Å². The van der Waals surface area contributed by atoms with Crippen molar-refractivity contribution in [2.75, 3.05) is 0 Å². The van der Waals surface area contributed by atoms with Crippen LogP contribution >= 0.6 is 15.9 Å². The van der Waals surface area contributed by atoms with Gasteiger partial charge in [0.25, 0.3) is 5.56 Å². The van der Waals surface area contributed by atoms with Crippen molar-refractivity contribution in [3.05, 3.63) is 68.1 Å². The first kappa shape index (κ1) is 14.6. The molecule has 1 aromatic carbocycles. The summed E-state index contributed by atoms with van der Waals surface area (Å²) >= 11 is 3.23. The normalized spacial score (nSPS) is 10.6. The molecule has 0 spiro atoms. The number of carbonyl (C=O) groups excluding carboxylic acids is 1. The topological polar surface area (TPSA) is 39.1 Å². The van der Waals surface area contributed by atoms with Crippen molar-refractivity contribution in [3.8, 4) is 0 Å². The largest absolute Gasteiger partial charge is 0.306 e. The summed E-state index contributed by atoms with van der Waals surface area (Å²) < 4.78 is 27.8. The van der Waals surface area contributed by atoms with Gasteiger partial charge < -0.3 is 4.57 Å². The first-order chi connectivity index (χ1) is 9.38. The third-order valence-electron chi connectivity index (χ3n) is 2.79. The Balaban J connectivity index is 2.32. The van der Waals surface area contributed by atoms with E-state index in [4.69, 9.17) is 0 Å². The van der Waals surface area contributed by atoms with Crippen molar-refractivity contribution in [2.45, 2.75) is 13.5 Å². The number of ketones is 1. The van der Waals surface area contributed by atoms with Crippen molar-refractivity contribution in [1.82, 2.24) is 4.57 Å². The smallest absolute Gasteiger partial charge is 0.253 e. The van der Waals surface area contributed by atoms with Gasteiger partial charge in [0.1, 0.15) is 0 Å². The van der Waals surface area contributed by atoms with E-state index in [9.17, 15) is 18.4 Å². The van der Waals surface area contributed by atoms with Crippen LogP contribution in [0.5, 0.6) is 0 Å². The number of pyridine rings is 1. The molecule has 0 aliphatic heterocycles. The Morgan fingerprint density at radius 3 is 2.60 bits per heavy atom. The number of Topliss-reactive ketones (excluding diaryl/α,β-unsaturated/α-hetero) is 1. The van der Waals surface area contributed by atoms with Gasteiger partial charge in [0.2, 0.25) is 0 Å². The summed E-state index contributed by atoms with van der Waals surface area (Å²) in [6, 6.07) is 4.54. The van der Waals surface area contributed by atoms with E-state index >= 15 is 0 Å². The van der Waals surface area contributed by atoms with Gasteiger partial charge in [0.05, 0.1) is 6.54 Å². The molecular weight excluding hydrogens is 332 g/mol. The number of aryl methyl sites for hydroxylation is 1. The molecule has 6 heteroatoms. The second-order valence-corrected chi connectivity index (χ2v) is 5.24. The minimum absolute atomic E-state index is 0.0217. The molecule has 0 unspecified atom stereocenters. The van der Waals surface area contributed by atoms with Crippen LogP contribution in [0, 0.1) is 18.6 Å². The van der Waals surface area contributed by atoms with Crippen molar-refractivity contribution in [3.63, 3.8) is 0 Å². The standard InChI is InChI=1S/C14H10BrF2NO2/c1-8-4-10(15)6-18(14(8)20)7-13(19)9-2-3-11(16)12(17)5-9/h2-6H,7H2,1H3. The van der Waals surface area contributed by atoms with E-state index < -0.39 is 17.4 Å². The highest BCUT2D eigenvalue weighted by atomic mass is 79.9. The van der Waals surface area contributed by atoms with E-state index in [1.165, 1.54) is 16.8 Å². The molecule has 0 bridgehead atoms. The fraction of sp³-hybridized carbons (Fsp3) is 0.143. The highest BCUT2D eigenvalue weighted by Crippen LogP contribution is 2.11. The summed E-state index contributed by atoms with van der Waals surface area (Å²) in [6.45, 7) is 1.40. The zero-order valence-electron chi connectivity index (χ0n) is 10.5. The van der Waals surface area contributed by atoms with E-state index in [0.717, 1.165) is 12.1 Å². The van der Waals surface area contributed by atoms with Gasteiger partial charge in [-0.2, -0.15) is 0 Å². The second kappa shape index (κ2) is 5.66. The monoisotopic (exact) mass is 341 g/mol. The lowest BCUT2D eigenvalue weighted by molar-refractivity contribution is 0.0970. The van der Waals surface area contributed by atoms with Gasteiger partial charge in [-0.3, -0.25) is 9.59 Å². The Morgan fingerprint density at radius 1 is 1.25 bits per heavy atom. The summed E-state index contributed by atoms with van der Waals surface area (Å²) in [6.07, 6.45) is 1.48. The van der Waals surface area contributed by atoms with E-state index in [1.807, 2.05) is 0 Å². The molecule has 104 valence electrons. The van der Waals surface area contributed by atoms with Crippen LogP contribution in [0.4, 0.5) is 8.78 Å². The summed E-state index contributed by atoms with van der Waals surface area (Å²) in [4.78, 5) is 23.9. The zero-order chi connectivity index (χ0) is 14.9. The third-order valence-corrected chi connectivity index (χ3v) is 3.22. The van der Waals surface area contributed by atoms with Gasteiger partial charge in [0, 0.05) is 21.8 Å². The van der Waals surface area contributed by atoms with Crippen LogP contribution in [-0.4, -0.2) is 10.4 Å². The number of aromatic nitrogens is 1. The van der Waals surface area contributed by atoms with Gasteiger partial charge in [-0.15, -0.1) is 0 Å². The number of nitrogens with zero attached hydrogens (tertiary/aromatic N) is 1. The molecule has 0 saturated heterocycles. The van der Waals surface area contributed by atoms with Crippen LogP contribution < -0.4 is 5.56 Å². The zero-order valence-corrected chi connectivity index (χ0v) is 12.1. The predicted octanol–water partition coefficient (Wildman–Crippen LogP) is 3.08. The van der Waals surface area contributed by atoms with Crippen LogP contribution in [0.15, 0.2) is 39.7 Å². The number of hydrogen-bond acceptors (Lipinski definition) is 2. The third kappa shape index (κ3) is 3.01. The molecule has 20 heavy (non-hydrogen) atoms. The number of halogens is 3. The maximum absolute atomic E-state index is 13.1. The first-order valence-electron chi connectivity index (χ1n) is 5.73. The Bertz CT molecular complexity index is 740. The Labute approximate surface area is 122 Å². The molecule has 0 atom stereocenters. The highest BCUT2D eigenvalue weighted by molar-refractivity contribution is 9.10. The Hall–Kier alpha value is -1.82. The molecular formula is C14H10BrF2NO2. The molecule has 2 aromatic rings. The van der Waals surface area contributed by atoms with Crippen LogP contribution in [0.25, 0.3) is 0 Å². The van der Waals surface area contributed by atoms with Crippen LogP contribution in [0.1, 0.15) is 15.9 Å². The second-order valence-electron chi connectivity index (χ2n) is 4.33. The lowest BCUT2D eigenvalue weighted by atomic mass is 10.1. The quantitative estimate of drug-likeness (QED) is 0.805. The van der Waals surface area contributed by atoms with Gasteiger partial charge in [-0.1, -0.05) is 0 Å². The summed E-state index contributed by atoms with van der Waals surface area (Å²) in [5, 5.41) is 0. The van der Waals surface area contributed by atoms with Gasteiger partial charge >= 0.3 is 0 Å². The molecule has 0 aliphatic carbocycles. The molecule has 1 heterocycles. The fourth-order valence-corrected chi connectivity index (χ4v) is 2.36. The molecule has 2 rings (SSSR count). The van der Waals surface area contributed by atoms with Crippen LogP contribution in [0.3, 0.4) is 0 Å². The average Bonchev–Trinajstić information content (AvgIpc) is 2.38. The maximum atomic E-state index is 13.1. The number of hydrogen-bond donors (Lipinski definition) is 0. The molecule has 0 aliphatic rings. The minimum Gasteiger partial charge on any atom is -0.306 e. The number of carbonyl (C=O) groups is 1. The van der Waals surface area contributed by atoms with E-state index in [1.54, 1.807) is 13.0 Å². The molecule has 0 saturated carbocycles. The van der Waals surface area contributed by atoms with Gasteiger partial charge in [0.15, 0.2) is 17.4 Å². The van der Waals surface area contributed by atoms with Gasteiger partial charge in [-0.05, 0) is 47.1 Å². The summed E-state index contributed by atoms with van der Waals surface area (Å²) in [7, 11) is 0. The molecule has 3 nitrogen and oxygen atoms in total. The summed E-state index contributed by atoms with van der Waals surface area (Å²) in [5.74, 6) is -2.57. The molecule has 0 fully saturated rings. The lowest BCUT2D eigenvalue weighted by Gasteiger charge is -2.07. The summed E-state index contributed by atoms with van der Waals surface area (Å²) in [5.41, 5.74) is 0.204. The van der Waals surface area contributed by atoms with Crippen molar-refractivity contribution in [2.24, 2.45) is 0 Å². The Kier molecular flexibility index (Phi) is 4.13. The average molecular weight is 342 g/mol. The van der Waals surface area contributed by atoms with Crippen molar-refractivity contribution < 1.29 is 13.6 Å². The number of benzene rings is 1. The molecule has 0 N–H and O–H groups in total. The predicted molar refractivity (Wildman–Crippen MR) is 73.8 cm³/mol. The van der Waals surface area contributed by atoms with Crippen molar-refractivity contribution in [1.29, 1.82) is 0 Å². The Morgan fingerprint density at radius 2 is 1.95 bits per heavy atom. The number of rotatable bonds is 3. The van der Waals surface area contributed by atoms with E-state index in [2.05, 4.69) is 15.9 Å². The SMILES string of the molecule is Cc1cc(Br)cn(CC(=O)c2ccc(F)c(F)c2)c1=O. The molecule has 1 aromatic heterocycles. The fourth-order valence-electron chi connectivity index (χ4n) is 1.77. The molecule has 0 radical (unpaired) electrons. The minimum atomic E-state index is -1.09. The lowest BCUT2D eigenvalue weighted by Crippen LogP contribution is -2.25. The first-order valence-corrected chi connectivity index (χ1v) is 6.52. The van der Waals surface area contributed by atoms with E-state index in [0.29, 0.717) is 10.0 Å². The molecule has 0 amide bonds. The van der Waals surface area contributed by atoms with Crippen molar-refractivity contribution >= 4 is 21.7 Å². The highest BCUT2D eigenvalue weighted by Gasteiger charge is 2.12. The van der Waals surface area contributed by atoms with Gasteiger partial charge in [-0.25, -0.2) is 8.78 Å². The maximum Gasteiger partial charge on any atom is 0.253 e. The van der Waals surface area contributed by atoms with E-state index in [-0.39, 0.29) is 17.7 Å².